The van der Waals surface area contributed by atoms with Crippen molar-refractivity contribution in [3.8, 4) is 0 Å². The molecule has 1 rings (SSSR count). The Kier molecular flexibility index (Phi) is 5.52. The Morgan fingerprint density at radius 2 is 1.56 bits per heavy atom. The molecule has 0 atom stereocenters. The zero-order valence-corrected chi connectivity index (χ0v) is 11.3. The second-order valence-electron chi connectivity index (χ2n) is 3.46. The van der Waals surface area contributed by atoms with E-state index in [1.807, 2.05) is 44.2 Å². The van der Waals surface area contributed by atoms with Crippen LogP contribution in [0.4, 0.5) is 5.69 Å². The molecule has 0 heterocycles. The van der Waals surface area contributed by atoms with Crippen molar-refractivity contribution in [2.75, 3.05) is 18.2 Å². The van der Waals surface area contributed by atoms with Gasteiger partial charge in [-0.1, -0.05) is 25.1 Å². The first-order valence-electron chi connectivity index (χ1n) is 5.87. The Bertz CT molecular complexity index is 286. The molecule has 0 amide bonds. The minimum absolute atomic E-state index is 0.680. The van der Waals surface area contributed by atoms with E-state index in [0.717, 1.165) is 11.7 Å². The molecule has 1 aromatic carbocycles. The Labute approximate surface area is 99.1 Å². The molecule has 0 aliphatic rings. The van der Waals surface area contributed by atoms with Gasteiger partial charge in [0.1, 0.15) is 0 Å². The highest BCUT2D eigenvalue weighted by atomic mass is 28.4. The van der Waals surface area contributed by atoms with Crippen LogP contribution in [0.25, 0.3) is 0 Å². The summed E-state index contributed by atoms with van der Waals surface area (Å²) < 4.78 is 11.7. The Balaban J connectivity index is 2.76. The fourth-order valence-corrected chi connectivity index (χ4v) is 3.97. The summed E-state index contributed by atoms with van der Waals surface area (Å²) in [4.78, 5) is 3.44. The van der Waals surface area contributed by atoms with Crippen molar-refractivity contribution in [1.29, 1.82) is 0 Å². The maximum atomic E-state index is 5.83. The van der Waals surface area contributed by atoms with Crippen LogP contribution in [0.2, 0.25) is 6.04 Å². The maximum absolute atomic E-state index is 5.83. The van der Waals surface area contributed by atoms with Crippen LogP contribution in [0.5, 0.6) is 0 Å². The first kappa shape index (κ1) is 13.2. The van der Waals surface area contributed by atoms with Crippen molar-refractivity contribution in [2.24, 2.45) is 0 Å². The van der Waals surface area contributed by atoms with Gasteiger partial charge >= 0.3 is 8.72 Å². The first-order valence-corrected chi connectivity index (χ1v) is 7.89. The van der Waals surface area contributed by atoms with E-state index in [2.05, 4.69) is 11.9 Å². The maximum Gasteiger partial charge on any atom is 0.456 e. The fraction of sp³-hybridized carbons (Fsp3) is 0.500. The molecule has 0 bridgehead atoms. The number of para-hydroxylation sites is 1. The highest BCUT2D eigenvalue weighted by molar-refractivity contribution is 6.70. The summed E-state index contributed by atoms with van der Waals surface area (Å²) in [5, 5.41) is 0. The SMILES string of the molecule is CCO[Si](CC)(Nc1ccccc1)OCC. The molecule has 0 saturated carbocycles. The first-order chi connectivity index (χ1) is 7.76. The van der Waals surface area contributed by atoms with Crippen molar-refractivity contribution in [3.05, 3.63) is 30.3 Å². The van der Waals surface area contributed by atoms with E-state index >= 15 is 0 Å². The topological polar surface area (TPSA) is 30.5 Å². The standard InChI is InChI=1S/C12H21NO2Si/c1-4-14-16(6-3,15-5-2)13-12-10-8-7-9-11-12/h7-11,13H,4-6H2,1-3H3. The van der Waals surface area contributed by atoms with E-state index in [9.17, 15) is 0 Å². The van der Waals surface area contributed by atoms with Gasteiger partial charge in [0.25, 0.3) is 0 Å². The summed E-state index contributed by atoms with van der Waals surface area (Å²) in [6.45, 7) is 7.47. The second-order valence-corrected chi connectivity index (χ2v) is 6.50. The number of anilines is 1. The smallest absolute Gasteiger partial charge is 0.379 e. The number of benzene rings is 1. The van der Waals surface area contributed by atoms with Gasteiger partial charge in [-0.05, 0) is 26.0 Å². The van der Waals surface area contributed by atoms with Gasteiger partial charge in [-0.15, -0.1) is 0 Å². The zero-order chi connectivity index (χ0) is 11.9. The molecule has 3 nitrogen and oxygen atoms in total. The summed E-state index contributed by atoms with van der Waals surface area (Å²) in [6, 6.07) is 11.0. The third-order valence-corrected chi connectivity index (χ3v) is 5.44. The average Bonchev–Trinajstić information content (AvgIpc) is 2.31. The van der Waals surface area contributed by atoms with Crippen LogP contribution in [-0.4, -0.2) is 21.9 Å². The molecule has 0 unspecified atom stereocenters. The molecule has 1 aromatic rings. The van der Waals surface area contributed by atoms with Crippen molar-refractivity contribution >= 4 is 14.4 Å². The lowest BCUT2D eigenvalue weighted by Crippen LogP contribution is -2.50. The quantitative estimate of drug-likeness (QED) is 0.742. The Hall–Kier alpha value is -0.843. The second kappa shape index (κ2) is 6.68. The van der Waals surface area contributed by atoms with E-state index in [0.29, 0.717) is 13.2 Å². The van der Waals surface area contributed by atoms with Crippen molar-refractivity contribution < 1.29 is 8.85 Å². The minimum Gasteiger partial charge on any atom is -0.379 e. The lowest BCUT2D eigenvalue weighted by molar-refractivity contribution is 0.190. The van der Waals surface area contributed by atoms with Gasteiger partial charge in [0.2, 0.25) is 0 Å². The van der Waals surface area contributed by atoms with Crippen LogP contribution in [0, 0.1) is 0 Å². The predicted molar refractivity (Wildman–Crippen MR) is 69.6 cm³/mol. The zero-order valence-electron chi connectivity index (χ0n) is 10.3. The van der Waals surface area contributed by atoms with Crippen LogP contribution >= 0.6 is 0 Å². The van der Waals surface area contributed by atoms with E-state index in [1.54, 1.807) is 0 Å². The monoisotopic (exact) mass is 239 g/mol. The third kappa shape index (κ3) is 3.63. The summed E-state index contributed by atoms with van der Waals surface area (Å²) in [6.07, 6.45) is 0. The van der Waals surface area contributed by atoms with Gasteiger partial charge in [0.15, 0.2) is 0 Å². The lowest BCUT2D eigenvalue weighted by atomic mass is 10.3. The summed E-state index contributed by atoms with van der Waals surface area (Å²) in [7, 11) is -2.26. The van der Waals surface area contributed by atoms with Crippen LogP contribution in [0.3, 0.4) is 0 Å². The molecule has 0 aliphatic carbocycles. The van der Waals surface area contributed by atoms with Crippen molar-refractivity contribution in [2.45, 2.75) is 26.8 Å². The Morgan fingerprint density at radius 1 is 1.00 bits per heavy atom. The fourth-order valence-electron chi connectivity index (χ4n) is 1.61. The summed E-state index contributed by atoms with van der Waals surface area (Å²) in [5.74, 6) is 0. The number of rotatable bonds is 7. The van der Waals surface area contributed by atoms with E-state index in [4.69, 9.17) is 8.85 Å². The van der Waals surface area contributed by atoms with Gasteiger partial charge < -0.3 is 13.8 Å². The van der Waals surface area contributed by atoms with Gasteiger partial charge in [-0.25, -0.2) is 0 Å². The molecule has 16 heavy (non-hydrogen) atoms. The molecule has 0 aliphatic heterocycles. The number of nitrogens with one attached hydrogen (secondary N) is 1. The molecular weight excluding hydrogens is 218 g/mol. The molecule has 1 N–H and O–H groups in total. The van der Waals surface area contributed by atoms with Crippen LogP contribution in [0.1, 0.15) is 20.8 Å². The summed E-state index contributed by atoms with van der Waals surface area (Å²) in [5.41, 5.74) is 1.07. The highest BCUT2D eigenvalue weighted by Gasteiger charge is 2.36. The van der Waals surface area contributed by atoms with Crippen LogP contribution in [-0.2, 0) is 8.85 Å². The molecule has 0 spiro atoms. The molecule has 0 aromatic heterocycles. The minimum atomic E-state index is -2.26. The molecule has 0 fully saturated rings. The van der Waals surface area contributed by atoms with Crippen molar-refractivity contribution in [1.82, 2.24) is 0 Å². The van der Waals surface area contributed by atoms with Gasteiger partial charge in [-0.3, -0.25) is 0 Å². The molecule has 4 heteroatoms. The molecular formula is C12H21NO2Si. The normalized spacial score (nSPS) is 11.4. The molecule has 0 saturated heterocycles. The van der Waals surface area contributed by atoms with Crippen LogP contribution < -0.4 is 4.98 Å². The largest absolute Gasteiger partial charge is 0.456 e. The van der Waals surface area contributed by atoms with E-state index in [1.165, 1.54) is 0 Å². The Morgan fingerprint density at radius 3 is 2.00 bits per heavy atom. The molecule has 90 valence electrons. The van der Waals surface area contributed by atoms with Gasteiger partial charge in [0, 0.05) is 24.9 Å². The average molecular weight is 239 g/mol. The van der Waals surface area contributed by atoms with Gasteiger partial charge in [0.05, 0.1) is 0 Å². The highest BCUT2D eigenvalue weighted by Crippen LogP contribution is 2.17. The van der Waals surface area contributed by atoms with Gasteiger partial charge in [-0.2, -0.15) is 0 Å². The number of hydrogen-bond acceptors (Lipinski definition) is 3. The van der Waals surface area contributed by atoms with Crippen molar-refractivity contribution in [3.63, 3.8) is 0 Å². The number of hydrogen-bond donors (Lipinski definition) is 1. The molecule has 0 radical (unpaired) electrons. The predicted octanol–water partition coefficient (Wildman–Crippen LogP) is 3.13. The summed E-state index contributed by atoms with van der Waals surface area (Å²) >= 11 is 0. The van der Waals surface area contributed by atoms with Crippen LogP contribution in [0.15, 0.2) is 30.3 Å². The third-order valence-electron chi connectivity index (χ3n) is 2.33. The lowest BCUT2D eigenvalue weighted by Gasteiger charge is -2.29. The van der Waals surface area contributed by atoms with E-state index < -0.39 is 8.72 Å². The van der Waals surface area contributed by atoms with E-state index in [-0.39, 0.29) is 0 Å².